The Morgan fingerprint density at radius 1 is 1.35 bits per heavy atom. The SMILES string of the molecule is CN(C)S(=O)(=O)c1ccc(NCCCOCCCl)nc1. The molecule has 0 unspecified atom stereocenters. The molecule has 114 valence electrons. The van der Waals surface area contributed by atoms with E-state index in [4.69, 9.17) is 16.3 Å². The van der Waals surface area contributed by atoms with E-state index in [1.54, 1.807) is 6.07 Å². The van der Waals surface area contributed by atoms with Crippen LogP contribution in [0.3, 0.4) is 0 Å². The maximum atomic E-state index is 11.8. The molecule has 20 heavy (non-hydrogen) atoms. The number of alkyl halides is 1. The molecule has 8 heteroatoms. The molecule has 0 amide bonds. The number of anilines is 1. The molecule has 0 radical (unpaired) electrons. The van der Waals surface area contributed by atoms with E-state index in [-0.39, 0.29) is 4.90 Å². The molecule has 1 rings (SSSR count). The summed E-state index contributed by atoms with van der Waals surface area (Å²) in [5.74, 6) is 1.14. The number of halogens is 1. The number of hydrogen-bond donors (Lipinski definition) is 1. The molecular weight excluding hydrogens is 302 g/mol. The lowest BCUT2D eigenvalue weighted by Crippen LogP contribution is -2.22. The lowest BCUT2D eigenvalue weighted by molar-refractivity contribution is 0.149. The van der Waals surface area contributed by atoms with Crippen LogP contribution in [0, 0.1) is 0 Å². The highest BCUT2D eigenvalue weighted by Crippen LogP contribution is 2.13. The van der Waals surface area contributed by atoms with Gasteiger partial charge in [0, 0.05) is 39.3 Å². The monoisotopic (exact) mass is 321 g/mol. The summed E-state index contributed by atoms with van der Waals surface area (Å²) in [4.78, 5) is 4.26. The van der Waals surface area contributed by atoms with Crippen molar-refractivity contribution < 1.29 is 13.2 Å². The first-order chi connectivity index (χ1) is 9.48. The van der Waals surface area contributed by atoms with Crippen LogP contribution in [0.4, 0.5) is 5.82 Å². The maximum Gasteiger partial charge on any atom is 0.244 e. The Bertz CT molecular complexity index is 491. The number of nitrogens with one attached hydrogen (secondary N) is 1. The Kier molecular flexibility index (Phi) is 7.22. The van der Waals surface area contributed by atoms with Gasteiger partial charge in [-0.1, -0.05) is 0 Å². The molecule has 0 bridgehead atoms. The van der Waals surface area contributed by atoms with Gasteiger partial charge in [-0.3, -0.25) is 0 Å². The first-order valence-corrected chi connectivity index (χ1v) is 8.22. The van der Waals surface area contributed by atoms with Crippen molar-refractivity contribution in [3.05, 3.63) is 18.3 Å². The summed E-state index contributed by atoms with van der Waals surface area (Å²) in [6.07, 6.45) is 2.18. The highest BCUT2D eigenvalue weighted by atomic mass is 35.5. The quantitative estimate of drug-likeness (QED) is 0.549. The fourth-order valence-electron chi connectivity index (χ4n) is 1.40. The third-order valence-electron chi connectivity index (χ3n) is 2.51. The van der Waals surface area contributed by atoms with Gasteiger partial charge in [-0.25, -0.2) is 17.7 Å². The second-order valence-electron chi connectivity index (χ2n) is 4.25. The van der Waals surface area contributed by atoms with E-state index in [1.807, 2.05) is 0 Å². The molecule has 1 heterocycles. The number of rotatable bonds is 9. The minimum atomic E-state index is -3.42. The van der Waals surface area contributed by atoms with Crippen molar-refractivity contribution in [1.29, 1.82) is 0 Å². The number of nitrogens with zero attached hydrogens (tertiary/aromatic N) is 2. The van der Waals surface area contributed by atoms with Crippen molar-refractivity contribution in [3.8, 4) is 0 Å². The predicted molar refractivity (Wildman–Crippen MR) is 79.8 cm³/mol. The van der Waals surface area contributed by atoms with E-state index < -0.39 is 10.0 Å². The van der Waals surface area contributed by atoms with Crippen LogP contribution in [-0.4, -0.2) is 57.4 Å². The van der Waals surface area contributed by atoms with Crippen molar-refractivity contribution in [2.24, 2.45) is 0 Å². The Morgan fingerprint density at radius 2 is 2.10 bits per heavy atom. The van der Waals surface area contributed by atoms with Crippen LogP contribution in [0.2, 0.25) is 0 Å². The van der Waals surface area contributed by atoms with Crippen LogP contribution in [0.15, 0.2) is 23.2 Å². The predicted octanol–water partition coefficient (Wildman–Crippen LogP) is 1.39. The summed E-state index contributed by atoms with van der Waals surface area (Å²) in [6, 6.07) is 3.19. The van der Waals surface area contributed by atoms with Crippen molar-refractivity contribution in [2.45, 2.75) is 11.3 Å². The molecule has 6 nitrogen and oxygen atoms in total. The molecule has 0 aliphatic rings. The van der Waals surface area contributed by atoms with Gasteiger partial charge < -0.3 is 10.1 Å². The summed E-state index contributed by atoms with van der Waals surface area (Å²) in [6.45, 7) is 1.89. The molecule has 0 aliphatic heterocycles. The van der Waals surface area contributed by atoms with Crippen LogP contribution < -0.4 is 5.32 Å². The second-order valence-corrected chi connectivity index (χ2v) is 6.78. The topological polar surface area (TPSA) is 71.5 Å². The molecular formula is C12H20ClN3O3S. The molecule has 0 saturated carbocycles. The first kappa shape index (κ1) is 17.2. The Balaban J connectivity index is 2.44. The Morgan fingerprint density at radius 3 is 2.65 bits per heavy atom. The van der Waals surface area contributed by atoms with Crippen LogP contribution in [0.25, 0.3) is 0 Å². The fourth-order valence-corrected chi connectivity index (χ4v) is 2.35. The molecule has 0 aromatic carbocycles. The van der Waals surface area contributed by atoms with Crippen molar-refractivity contribution >= 4 is 27.4 Å². The molecule has 0 spiro atoms. The van der Waals surface area contributed by atoms with Gasteiger partial charge in [0.1, 0.15) is 10.7 Å². The zero-order chi connectivity index (χ0) is 15.0. The summed E-state index contributed by atoms with van der Waals surface area (Å²) in [5, 5.41) is 3.10. The highest BCUT2D eigenvalue weighted by Gasteiger charge is 2.17. The number of ether oxygens (including phenoxy) is 1. The standard InChI is InChI=1S/C12H20ClN3O3S/c1-16(2)20(17,18)11-4-5-12(15-10-11)14-7-3-8-19-9-6-13/h4-5,10H,3,6-9H2,1-2H3,(H,14,15). The van der Waals surface area contributed by atoms with Gasteiger partial charge in [0.2, 0.25) is 10.0 Å². The van der Waals surface area contributed by atoms with Crippen LogP contribution in [-0.2, 0) is 14.8 Å². The summed E-state index contributed by atoms with van der Waals surface area (Å²) >= 11 is 5.48. The minimum absolute atomic E-state index is 0.179. The smallest absolute Gasteiger partial charge is 0.244 e. The van der Waals surface area contributed by atoms with Gasteiger partial charge in [0.05, 0.1) is 6.61 Å². The highest BCUT2D eigenvalue weighted by molar-refractivity contribution is 7.89. The average molecular weight is 322 g/mol. The number of hydrogen-bond acceptors (Lipinski definition) is 5. The third kappa shape index (κ3) is 5.24. The first-order valence-electron chi connectivity index (χ1n) is 6.24. The van der Waals surface area contributed by atoms with E-state index in [0.29, 0.717) is 31.5 Å². The summed E-state index contributed by atoms with van der Waals surface area (Å²) in [7, 11) is -0.442. The van der Waals surface area contributed by atoms with Gasteiger partial charge in [-0.15, -0.1) is 11.6 Å². The Hall–Kier alpha value is -0.890. The van der Waals surface area contributed by atoms with Crippen molar-refractivity contribution in [2.75, 3.05) is 45.1 Å². The van der Waals surface area contributed by atoms with Gasteiger partial charge in [0.15, 0.2) is 0 Å². The van der Waals surface area contributed by atoms with Gasteiger partial charge in [-0.05, 0) is 18.6 Å². The lowest BCUT2D eigenvalue weighted by Gasteiger charge is -2.11. The molecule has 0 aliphatic carbocycles. The number of pyridine rings is 1. The number of sulfonamides is 1. The van der Waals surface area contributed by atoms with E-state index in [1.165, 1.54) is 26.4 Å². The van der Waals surface area contributed by atoms with Crippen molar-refractivity contribution in [3.63, 3.8) is 0 Å². The maximum absolute atomic E-state index is 11.8. The Labute approximate surface area is 125 Å². The van der Waals surface area contributed by atoms with E-state index in [0.717, 1.165) is 10.7 Å². The molecule has 1 aromatic rings. The van der Waals surface area contributed by atoms with Gasteiger partial charge in [-0.2, -0.15) is 0 Å². The molecule has 0 fully saturated rings. The van der Waals surface area contributed by atoms with E-state index >= 15 is 0 Å². The molecule has 0 saturated heterocycles. The third-order valence-corrected chi connectivity index (χ3v) is 4.46. The average Bonchev–Trinajstić information content (AvgIpc) is 2.43. The zero-order valence-corrected chi connectivity index (χ0v) is 13.2. The van der Waals surface area contributed by atoms with Crippen LogP contribution in [0.5, 0.6) is 0 Å². The van der Waals surface area contributed by atoms with E-state index in [9.17, 15) is 8.42 Å². The van der Waals surface area contributed by atoms with Crippen LogP contribution >= 0.6 is 11.6 Å². The summed E-state index contributed by atoms with van der Waals surface area (Å²) < 4.78 is 30.1. The molecule has 1 N–H and O–H groups in total. The normalized spacial score (nSPS) is 11.8. The van der Waals surface area contributed by atoms with Gasteiger partial charge >= 0.3 is 0 Å². The molecule has 0 atom stereocenters. The van der Waals surface area contributed by atoms with Crippen LogP contribution in [0.1, 0.15) is 6.42 Å². The van der Waals surface area contributed by atoms with E-state index in [2.05, 4.69) is 10.3 Å². The second kappa shape index (κ2) is 8.41. The largest absolute Gasteiger partial charge is 0.380 e. The van der Waals surface area contributed by atoms with Gasteiger partial charge in [0.25, 0.3) is 0 Å². The lowest BCUT2D eigenvalue weighted by atomic mass is 10.4. The fraction of sp³-hybridized carbons (Fsp3) is 0.583. The zero-order valence-electron chi connectivity index (χ0n) is 11.7. The summed E-state index contributed by atoms with van der Waals surface area (Å²) in [5.41, 5.74) is 0. The van der Waals surface area contributed by atoms with Crippen molar-refractivity contribution in [1.82, 2.24) is 9.29 Å². The number of aromatic nitrogens is 1. The minimum Gasteiger partial charge on any atom is -0.380 e. The molecule has 1 aromatic heterocycles.